The maximum absolute atomic E-state index is 11.6. The Bertz CT molecular complexity index is 487. The van der Waals surface area contributed by atoms with Crippen LogP contribution in [0.1, 0.15) is 29.3 Å². The summed E-state index contributed by atoms with van der Waals surface area (Å²) in [7, 11) is 1.34. The second kappa shape index (κ2) is 5.73. The van der Waals surface area contributed by atoms with Crippen molar-refractivity contribution in [2.24, 2.45) is 5.92 Å². The molecule has 0 radical (unpaired) electrons. The number of hydrogen-bond donors (Lipinski definition) is 2. The van der Waals surface area contributed by atoms with Crippen LogP contribution in [-0.4, -0.2) is 25.2 Å². The van der Waals surface area contributed by atoms with Gasteiger partial charge < -0.3 is 15.4 Å². The topological polar surface area (TPSA) is 67.4 Å². The molecule has 102 valence electrons. The lowest BCUT2D eigenvalue weighted by molar-refractivity contribution is 0.0600. The van der Waals surface area contributed by atoms with Gasteiger partial charge in [0.05, 0.1) is 12.7 Å². The molecule has 0 unspecified atom stereocenters. The lowest BCUT2D eigenvalue weighted by Gasteiger charge is -2.08. The number of carbonyl (C=O) groups excluding carboxylic acids is 2. The molecular weight excluding hydrogens is 244 g/mol. The van der Waals surface area contributed by atoms with E-state index in [0.717, 1.165) is 12.0 Å². The summed E-state index contributed by atoms with van der Waals surface area (Å²) < 4.78 is 4.65. The lowest BCUT2D eigenvalue weighted by Crippen LogP contribution is -2.36. The van der Waals surface area contributed by atoms with Crippen molar-refractivity contribution in [3.63, 3.8) is 0 Å². The average molecular weight is 262 g/mol. The fraction of sp³-hybridized carbons (Fsp3) is 0.429. The Morgan fingerprint density at radius 2 is 2.16 bits per heavy atom. The van der Waals surface area contributed by atoms with Gasteiger partial charge in [-0.05, 0) is 30.0 Å². The summed E-state index contributed by atoms with van der Waals surface area (Å²) >= 11 is 0. The minimum atomic E-state index is -0.377. The van der Waals surface area contributed by atoms with E-state index < -0.39 is 0 Å². The third-order valence-electron chi connectivity index (χ3n) is 3.23. The van der Waals surface area contributed by atoms with Crippen LogP contribution in [0.2, 0.25) is 0 Å². The fourth-order valence-electron chi connectivity index (χ4n) is 1.85. The predicted molar refractivity (Wildman–Crippen MR) is 70.7 cm³/mol. The molecule has 2 atom stereocenters. The van der Waals surface area contributed by atoms with Crippen LogP contribution in [0.15, 0.2) is 24.3 Å². The predicted octanol–water partition coefficient (Wildman–Crippen LogP) is 1.68. The molecule has 0 bridgehead atoms. The molecule has 1 aliphatic carbocycles. The zero-order valence-corrected chi connectivity index (χ0v) is 11.1. The highest BCUT2D eigenvalue weighted by atomic mass is 16.5. The SMILES string of the molecule is COC(=O)c1cccc(CNC(=O)N[C@@H]2C[C@@H]2C)c1. The minimum absolute atomic E-state index is 0.169. The first-order valence-corrected chi connectivity index (χ1v) is 6.31. The molecule has 1 aromatic carbocycles. The summed E-state index contributed by atoms with van der Waals surface area (Å²) in [5, 5.41) is 5.65. The summed E-state index contributed by atoms with van der Waals surface area (Å²) in [6.45, 7) is 2.49. The minimum Gasteiger partial charge on any atom is -0.465 e. The third kappa shape index (κ3) is 3.71. The smallest absolute Gasteiger partial charge is 0.337 e. The van der Waals surface area contributed by atoms with Crippen LogP contribution in [-0.2, 0) is 11.3 Å². The number of hydrogen-bond acceptors (Lipinski definition) is 3. The van der Waals surface area contributed by atoms with Gasteiger partial charge in [-0.2, -0.15) is 0 Å². The van der Waals surface area contributed by atoms with Crippen molar-refractivity contribution in [1.29, 1.82) is 0 Å². The standard InChI is InChI=1S/C14H18N2O3/c1-9-6-12(9)16-14(18)15-8-10-4-3-5-11(7-10)13(17)19-2/h3-5,7,9,12H,6,8H2,1-2H3,(H2,15,16,18)/t9-,12+/m0/s1. The van der Waals surface area contributed by atoms with Gasteiger partial charge in [-0.25, -0.2) is 9.59 Å². The van der Waals surface area contributed by atoms with Gasteiger partial charge in [-0.1, -0.05) is 19.1 Å². The first-order valence-electron chi connectivity index (χ1n) is 6.31. The van der Waals surface area contributed by atoms with Crippen LogP contribution in [0.3, 0.4) is 0 Å². The number of esters is 1. The molecule has 2 rings (SSSR count). The number of urea groups is 1. The summed E-state index contributed by atoms with van der Waals surface area (Å²) in [5.74, 6) is 0.200. The summed E-state index contributed by atoms with van der Waals surface area (Å²) in [6.07, 6.45) is 1.05. The number of ether oxygens (including phenoxy) is 1. The summed E-state index contributed by atoms with van der Waals surface area (Å²) in [4.78, 5) is 22.9. The third-order valence-corrected chi connectivity index (χ3v) is 3.23. The maximum Gasteiger partial charge on any atom is 0.337 e. The van der Waals surface area contributed by atoms with Gasteiger partial charge in [0.25, 0.3) is 0 Å². The Labute approximate surface area is 112 Å². The molecule has 1 saturated carbocycles. The van der Waals surface area contributed by atoms with Gasteiger partial charge >= 0.3 is 12.0 Å². The number of rotatable bonds is 4. The van der Waals surface area contributed by atoms with Crippen LogP contribution in [0.25, 0.3) is 0 Å². The first kappa shape index (κ1) is 13.4. The molecule has 0 saturated heterocycles. The van der Waals surface area contributed by atoms with E-state index in [9.17, 15) is 9.59 Å². The van der Waals surface area contributed by atoms with Crippen LogP contribution in [0, 0.1) is 5.92 Å². The van der Waals surface area contributed by atoms with E-state index in [4.69, 9.17) is 0 Å². The summed E-state index contributed by atoms with van der Waals surface area (Å²) in [5.41, 5.74) is 1.35. The molecule has 0 aromatic heterocycles. The van der Waals surface area contributed by atoms with Gasteiger partial charge in [-0.3, -0.25) is 0 Å². The van der Waals surface area contributed by atoms with Crippen LogP contribution in [0.5, 0.6) is 0 Å². The molecule has 0 aliphatic heterocycles. The zero-order chi connectivity index (χ0) is 13.8. The van der Waals surface area contributed by atoms with E-state index in [1.807, 2.05) is 6.07 Å². The molecule has 5 heteroatoms. The largest absolute Gasteiger partial charge is 0.465 e. The Balaban J connectivity index is 1.85. The maximum atomic E-state index is 11.6. The van der Waals surface area contributed by atoms with E-state index in [-0.39, 0.29) is 12.0 Å². The van der Waals surface area contributed by atoms with Gasteiger partial charge in [0.15, 0.2) is 0 Å². The van der Waals surface area contributed by atoms with Crippen molar-refractivity contribution in [3.05, 3.63) is 35.4 Å². The first-order chi connectivity index (χ1) is 9.10. The zero-order valence-electron chi connectivity index (χ0n) is 11.1. The number of methoxy groups -OCH3 is 1. The lowest BCUT2D eigenvalue weighted by atomic mass is 10.1. The quantitative estimate of drug-likeness (QED) is 0.811. The Morgan fingerprint density at radius 1 is 1.42 bits per heavy atom. The monoisotopic (exact) mass is 262 g/mol. The second-order valence-corrected chi connectivity index (χ2v) is 4.84. The van der Waals surface area contributed by atoms with Crippen molar-refractivity contribution in [3.8, 4) is 0 Å². The Hall–Kier alpha value is -2.04. The number of benzene rings is 1. The fourth-order valence-corrected chi connectivity index (χ4v) is 1.85. The Kier molecular flexibility index (Phi) is 4.04. The second-order valence-electron chi connectivity index (χ2n) is 4.84. The molecule has 0 heterocycles. The normalized spacial score (nSPS) is 20.5. The van der Waals surface area contributed by atoms with E-state index in [2.05, 4.69) is 22.3 Å². The molecule has 0 spiro atoms. The Morgan fingerprint density at radius 3 is 2.79 bits per heavy atom. The molecule has 2 amide bonds. The highest BCUT2D eigenvalue weighted by Crippen LogP contribution is 2.28. The summed E-state index contributed by atoms with van der Waals surface area (Å²) in [6, 6.07) is 7.16. The molecule has 2 N–H and O–H groups in total. The van der Waals surface area contributed by atoms with Gasteiger partial charge in [-0.15, -0.1) is 0 Å². The van der Waals surface area contributed by atoms with Crippen LogP contribution in [0.4, 0.5) is 4.79 Å². The highest BCUT2D eigenvalue weighted by Gasteiger charge is 2.33. The van der Waals surface area contributed by atoms with E-state index in [1.54, 1.807) is 18.2 Å². The molecule has 5 nitrogen and oxygen atoms in total. The van der Waals surface area contributed by atoms with E-state index >= 15 is 0 Å². The average Bonchev–Trinajstić information content (AvgIpc) is 3.11. The van der Waals surface area contributed by atoms with Gasteiger partial charge in [0, 0.05) is 12.6 Å². The molecule has 1 fully saturated rings. The number of carbonyl (C=O) groups is 2. The van der Waals surface area contributed by atoms with Crippen LogP contribution >= 0.6 is 0 Å². The van der Waals surface area contributed by atoms with Crippen molar-refractivity contribution in [1.82, 2.24) is 10.6 Å². The molecule has 1 aromatic rings. The molecule has 1 aliphatic rings. The van der Waals surface area contributed by atoms with Crippen molar-refractivity contribution < 1.29 is 14.3 Å². The van der Waals surface area contributed by atoms with Gasteiger partial charge in [0.2, 0.25) is 0 Å². The van der Waals surface area contributed by atoms with Crippen LogP contribution < -0.4 is 10.6 Å². The molecular formula is C14H18N2O3. The molecule has 19 heavy (non-hydrogen) atoms. The van der Waals surface area contributed by atoms with E-state index in [0.29, 0.717) is 24.1 Å². The van der Waals surface area contributed by atoms with Crippen molar-refractivity contribution >= 4 is 12.0 Å². The van der Waals surface area contributed by atoms with Crippen molar-refractivity contribution in [2.45, 2.75) is 25.9 Å². The number of nitrogens with one attached hydrogen (secondary N) is 2. The number of amides is 2. The highest BCUT2D eigenvalue weighted by molar-refractivity contribution is 5.89. The van der Waals surface area contributed by atoms with E-state index in [1.165, 1.54) is 7.11 Å². The van der Waals surface area contributed by atoms with Gasteiger partial charge in [0.1, 0.15) is 0 Å². The van der Waals surface area contributed by atoms with Crippen molar-refractivity contribution in [2.75, 3.05) is 7.11 Å².